The second-order valence-electron chi connectivity index (χ2n) is 4.85. The molecule has 13 heavy (non-hydrogen) atoms. The Labute approximate surface area is 79.7 Å². The third-order valence-electron chi connectivity index (χ3n) is 3.90. The maximum absolute atomic E-state index is 11.2. The van der Waals surface area contributed by atoms with Crippen LogP contribution in [-0.2, 0) is 9.53 Å². The smallest absolute Gasteiger partial charge is 0.309 e. The van der Waals surface area contributed by atoms with Gasteiger partial charge in [-0.05, 0) is 36.5 Å². The molecule has 0 N–H and O–H groups in total. The fourth-order valence-electron chi connectivity index (χ4n) is 2.91. The molecule has 0 bridgehead atoms. The van der Waals surface area contributed by atoms with Crippen LogP contribution in [0, 0.1) is 29.6 Å². The van der Waals surface area contributed by atoms with Crippen molar-refractivity contribution in [3.8, 4) is 0 Å². The number of carbonyl (C=O) groups is 1. The van der Waals surface area contributed by atoms with Crippen LogP contribution in [0.25, 0.3) is 0 Å². The molecule has 0 heterocycles. The van der Waals surface area contributed by atoms with E-state index in [2.05, 4.69) is 13.8 Å². The van der Waals surface area contributed by atoms with Crippen molar-refractivity contribution in [3.05, 3.63) is 0 Å². The quantitative estimate of drug-likeness (QED) is 0.611. The topological polar surface area (TPSA) is 26.3 Å². The number of methoxy groups -OCH3 is 1. The highest BCUT2D eigenvalue weighted by molar-refractivity contribution is 5.76. The monoisotopic (exact) mass is 182 g/mol. The Morgan fingerprint density at radius 1 is 1.31 bits per heavy atom. The predicted octanol–water partition coefficient (Wildman–Crippen LogP) is 2.09. The summed E-state index contributed by atoms with van der Waals surface area (Å²) in [6, 6.07) is 0. The summed E-state index contributed by atoms with van der Waals surface area (Å²) >= 11 is 0. The van der Waals surface area contributed by atoms with Crippen LogP contribution >= 0.6 is 0 Å². The minimum absolute atomic E-state index is 0.0252. The highest BCUT2D eigenvalue weighted by Gasteiger charge is 2.60. The van der Waals surface area contributed by atoms with E-state index in [0.717, 1.165) is 11.8 Å². The highest BCUT2D eigenvalue weighted by atomic mass is 16.5. The molecule has 0 aliphatic heterocycles. The van der Waals surface area contributed by atoms with Gasteiger partial charge in [-0.25, -0.2) is 0 Å². The fraction of sp³-hybridized carbons (Fsp3) is 0.909. The molecular formula is C11H18O2. The Morgan fingerprint density at radius 2 is 1.85 bits per heavy atom. The van der Waals surface area contributed by atoms with Crippen molar-refractivity contribution in [2.75, 3.05) is 7.11 Å². The molecule has 0 spiro atoms. The van der Waals surface area contributed by atoms with Crippen LogP contribution < -0.4 is 0 Å². The van der Waals surface area contributed by atoms with Crippen LogP contribution in [0.3, 0.4) is 0 Å². The van der Waals surface area contributed by atoms with Crippen molar-refractivity contribution < 1.29 is 9.53 Å². The molecule has 0 aromatic rings. The second-order valence-corrected chi connectivity index (χ2v) is 4.85. The molecule has 2 rings (SSSR count). The van der Waals surface area contributed by atoms with Gasteiger partial charge < -0.3 is 4.74 Å². The largest absolute Gasteiger partial charge is 0.469 e. The van der Waals surface area contributed by atoms with Gasteiger partial charge in [0.25, 0.3) is 0 Å². The number of rotatable bonds is 2. The van der Waals surface area contributed by atoms with Crippen molar-refractivity contribution in [2.24, 2.45) is 29.6 Å². The fourth-order valence-corrected chi connectivity index (χ4v) is 2.91. The van der Waals surface area contributed by atoms with E-state index in [1.54, 1.807) is 0 Å². The lowest BCUT2D eigenvalue weighted by atomic mass is 9.89. The van der Waals surface area contributed by atoms with Gasteiger partial charge in [0, 0.05) is 0 Å². The molecule has 2 saturated carbocycles. The van der Waals surface area contributed by atoms with Crippen LogP contribution in [0.1, 0.15) is 26.7 Å². The summed E-state index contributed by atoms with van der Waals surface area (Å²) in [6.07, 6.45) is 2.50. The lowest BCUT2D eigenvalue weighted by Gasteiger charge is -2.16. The van der Waals surface area contributed by atoms with Gasteiger partial charge in [-0.2, -0.15) is 0 Å². The third-order valence-corrected chi connectivity index (χ3v) is 3.90. The molecule has 2 aliphatic carbocycles. The average Bonchev–Trinajstić information content (AvgIpc) is 2.58. The van der Waals surface area contributed by atoms with Gasteiger partial charge in [-0.1, -0.05) is 13.8 Å². The van der Waals surface area contributed by atoms with Gasteiger partial charge in [0.1, 0.15) is 0 Å². The SMILES string of the molecule is COC(=O)[C@H]1[C@@H]2CC(C(C)C)C[C@@H]21. The number of esters is 1. The Bertz CT molecular complexity index is 210. The molecular weight excluding hydrogens is 164 g/mol. The average molecular weight is 182 g/mol. The van der Waals surface area contributed by atoms with E-state index < -0.39 is 0 Å². The number of hydrogen-bond donors (Lipinski definition) is 0. The molecule has 1 unspecified atom stereocenters. The molecule has 2 fully saturated rings. The summed E-state index contributed by atoms with van der Waals surface area (Å²) in [7, 11) is 1.50. The first-order valence-electron chi connectivity index (χ1n) is 5.23. The first kappa shape index (κ1) is 9.04. The lowest BCUT2D eigenvalue weighted by Crippen LogP contribution is -2.13. The minimum atomic E-state index is 0.0252. The zero-order chi connectivity index (χ0) is 9.59. The predicted molar refractivity (Wildman–Crippen MR) is 50.0 cm³/mol. The number of fused-ring (bicyclic) bond motifs is 1. The first-order chi connectivity index (χ1) is 6.15. The Morgan fingerprint density at radius 3 is 2.23 bits per heavy atom. The maximum atomic E-state index is 11.2. The third kappa shape index (κ3) is 1.36. The number of ether oxygens (including phenoxy) is 1. The van der Waals surface area contributed by atoms with Crippen LogP contribution in [0.15, 0.2) is 0 Å². The molecule has 74 valence electrons. The Kier molecular flexibility index (Phi) is 2.09. The Hall–Kier alpha value is -0.530. The van der Waals surface area contributed by atoms with E-state index in [-0.39, 0.29) is 11.9 Å². The van der Waals surface area contributed by atoms with Crippen LogP contribution in [0.2, 0.25) is 0 Å². The lowest BCUT2D eigenvalue weighted by molar-refractivity contribution is -0.143. The zero-order valence-electron chi connectivity index (χ0n) is 8.62. The molecule has 2 nitrogen and oxygen atoms in total. The zero-order valence-corrected chi connectivity index (χ0v) is 8.62. The molecule has 0 aromatic carbocycles. The summed E-state index contributed by atoms with van der Waals surface area (Å²) < 4.78 is 4.77. The van der Waals surface area contributed by atoms with Crippen LogP contribution in [-0.4, -0.2) is 13.1 Å². The summed E-state index contributed by atoms with van der Waals surface area (Å²) in [6.45, 7) is 4.56. The maximum Gasteiger partial charge on any atom is 0.309 e. The standard InChI is InChI=1S/C11H18O2/c1-6(2)7-4-8-9(5-7)10(8)11(12)13-3/h6-10H,4-5H2,1-3H3/t7?,8-,9+,10+. The molecule has 0 radical (unpaired) electrons. The first-order valence-corrected chi connectivity index (χ1v) is 5.23. The van der Waals surface area contributed by atoms with Gasteiger partial charge in [0.2, 0.25) is 0 Å². The second kappa shape index (κ2) is 3.00. The Balaban J connectivity index is 1.87. The van der Waals surface area contributed by atoms with Crippen molar-refractivity contribution >= 4 is 5.97 Å². The van der Waals surface area contributed by atoms with E-state index in [9.17, 15) is 4.79 Å². The van der Waals surface area contributed by atoms with E-state index in [4.69, 9.17) is 4.74 Å². The van der Waals surface area contributed by atoms with Crippen molar-refractivity contribution in [1.82, 2.24) is 0 Å². The normalized spacial score (nSPS) is 41.8. The minimum Gasteiger partial charge on any atom is -0.469 e. The van der Waals surface area contributed by atoms with E-state index in [1.165, 1.54) is 20.0 Å². The van der Waals surface area contributed by atoms with Gasteiger partial charge in [-0.15, -0.1) is 0 Å². The van der Waals surface area contributed by atoms with Crippen molar-refractivity contribution in [3.63, 3.8) is 0 Å². The number of carbonyl (C=O) groups excluding carboxylic acids is 1. The van der Waals surface area contributed by atoms with Crippen LogP contribution in [0.4, 0.5) is 0 Å². The van der Waals surface area contributed by atoms with Gasteiger partial charge in [0.05, 0.1) is 13.0 Å². The molecule has 2 heteroatoms. The summed E-state index contributed by atoms with van der Waals surface area (Å²) in [5.41, 5.74) is 0. The summed E-state index contributed by atoms with van der Waals surface area (Å²) in [4.78, 5) is 11.2. The van der Waals surface area contributed by atoms with Gasteiger partial charge in [0.15, 0.2) is 0 Å². The molecule has 0 saturated heterocycles. The van der Waals surface area contributed by atoms with Crippen molar-refractivity contribution in [2.45, 2.75) is 26.7 Å². The van der Waals surface area contributed by atoms with Gasteiger partial charge >= 0.3 is 5.97 Å². The highest BCUT2D eigenvalue weighted by Crippen LogP contribution is 2.61. The van der Waals surface area contributed by atoms with E-state index in [1.807, 2.05) is 0 Å². The summed E-state index contributed by atoms with van der Waals surface area (Å²) in [5, 5.41) is 0. The number of hydrogen-bond acceptors (Lipinski definition) is 2. The van der Waals surface area contributed by atoms with Crippen molar-refractivity contribution in [1.29, 1.82) is 0 Å². The molecule has 0 aromatic heterocycles. The summed E-state index contributed by atoms with van der Waals surface area (Å²) in [5.74, 6) is 3.26. The molecule has 4 atom stereocenters. The van der Waals surface area contributed by atoms with Gasteiger partial charge in [-0.3, -0.25) is 4.79 Å². The molecule has 2 aliphatic rings. The molecule has 0 amide bonds. The van der Waals surface area contributed by atoms with E-state index in [0.29, 0.717) is 11.8 Å². The van der Waals surface area contributed by atoms with Crippen LogP contribution in [0.5, 0.6) is 0 Å². The van der Waals surface area contributed by atoms with E-state index >= 15 is 0 Å².